The van der Waals surface area contributed by atoms with E-state index in [2.05, 4.69) is 10.3 Å². The Hall–Kier alpha value is -3.59. The summed E-state index contributed by atoms with van der Waals surface area (Å²) in [4.78, 5) is 30.1. The van der Waals surface area contributed by atoms with E-state index in [4.69, 9.17) is 14.2 Å². The van der Waals surface area contributed by atoms with Gasteiger partial charge in [0.15, 0.2) is 11.6 Å². The lowest BCUT2D eigenvalue weighted by atomic mass is 9.98. The molecule has 1 saturated heterocycles. The molecule has 2 amide bonds. The van der Waals surface area contributed by atoms with Crippen LogP contribution in [0.15, 0.2) is 30.3 Å². The highest BCUT2D eigenvalue weighted by atomic mass is 32.2. The summed E-state index contributed by atoms with van der Waals surface area (Å²) in [5.41, 5.74) is -0.0545. The van der Waals surface area contributed by atoms with Gasteiger partial charge in [-0.3, -0.25) is 9.88 Å². The second kappa shape index (κ2) is 13.4. The van der Waals surface area contributed by atoms with Crippen molar-refractivity contribution in [2.45, 2.75) is 97.2 Å². The van der Waals surface area contributed by atoms with Gasteiger partial charge in [0.25, 0.3) is 5.92 Å². The highest BCUT2D eigenvalue weighted by molar-refractivity contribution is 7.88. The Labute approximate surface area is 261 Å². The molecule has 1 fully saturated rings. The number of alkyl halides is 2. The maximum atomic E-state index is 15.7. The van der Waals surface area contributed by atoms with E-state index in [9.17, 15) is 18.0 Å². The molecule has 250 valence electrons. The van der Waals surface area contributed by atoms with Crippen molar-refractivity contribution in [3.8, 4) is 5.75 Å². The van der Waals surface area contributed by atoms with Crippen LogP contribution in [-0.2, 0) is 39.1 Å². The van der Waals surface area contributed by atoms with Crippen molar-refractivity contribution in [3.63, 3.8) is 0 Å². The molecule has 0 bridgehead atoms. The predicted molar refractivity (Wildman–Crippen MR) is 160 cm³/mol. The fraction of sp³-hybridized carbons (Fsp3) is 0.567. The average molecular weight is 659 g/mol. The van der Waals surface area contributed by atoms with E-state index in [1.165, 1.54) is 18.2 Å². The number of nitrogens with zero attached hydrogens (tertiary/aromatic N) is 2. The minimum Gasteiger partial charge on any atom is -0.484 e. The second-order valence-electron chi connectivity index (χ2n) is 12.9. The highest BCUT2D eigenvalue weighted by Crippen LogP contribution is 2.37. The number of ether oxygens (including phenoxy) is 3. The third-order valence-corrected chi connectivity index (χ3v) is 7.18. The Morgan fingerprint density at radius 2 is 1.71 bits per heavy atom. The van der Waals surface area contributed by atoms with Gasteiger partial charge in [-0.1, -0.05) is 18.2 Å². The van der Waals surface area contributed by atoms with Crippen molar-refractivity contribution in [1.29, 1.82) is 0 Å². The largest absolute Gasteiger partial charge is 0.484 e. The van der Waals surface area contributed by atoms with Crippen LogP contribution < -0.4 is 14.8 Å². The van der Waals surface area contributed by atoms with E-state index in [0.717, 1.165) is 16.7 Å². The fourth-order valence-corrected chi connectivity index (χ4v) is 5.37. The molecule has 2 atom stereocenters. The maximum absolute atomic E-state index is 15.7. The van der Waals surface area contributed by atoms with Crippen LogP contribution in [0.25, 0.3) is 0 Å². The number of pyridine rings is 1. The van der Waals surface area contributed by atoms with Gasteiger partial charge in [-0.15, -0.1) is 0 Å². The number of aryl methyl sites for hydroxylation is 1. The van der Waals surface area contributed by atoms with Gasteiger partial charge in [-0.2, -0.15) is 0 Å². The lowest BCUT2D eigenvalue weighted by molar-refractivity contribution is -0.0122. The van der Waals surface area contributed by atoms with Crippen LogP contribution in [0.1, 0.15) is 64.1 Å². The first kappa shape index (κ1) is 35.9. The highest BCUT2D eigenvalue weighted by Gasteiger charge is 2.57. The number of likely N-dealkylation sites (tertiary alicyclic amines) is 1. The lowest BCUT2D eigenvalue weighted by Crippen LogP contribution is -2.52. The number of hydrogen-bond acceptors (Lipinski definition) is 8. The summed E-state index contributed by atoms with van der Waals surface area (Å²) in [5, 5.41) is 2.62. The third-order valence-electron chi connectivity index (χ3n) is 6.50. The Bertz CT molecular complexity index is 1510. The van der Waals surface area contributed by atoms with Crippen molar-refractivity contribution in [2.75, 3.05) is 12.8 Å². The summed E-state index contributed by atoms with van der Waals surface area (Å²) < 4.78 is 88.2. The van der Waals surface area contributed by atoms with Crippen LogP contribution in [0.4, 0.5) is 22.8 Å². The number of carbonyl (C=O) groups excluding carboxylic acids is 2. The van der Waals surface area contributed by atoms with Crippen LogP contribution in [0, 0.1) is 12.7 Å². The van der Waals surface area contributed by atoms with E-state index in [1.54, 1.807) is 60.6 Å². The average Bonchev–Trinajstić information content (AvgIpc) is 3.11. The number of rotatable bonds is 9. The molecule has 3 rings (SSSR count). The third kappa shape index (κ3) is 10.5. The van der Waals surface area contributed by atoms with Gasteiger partial charge in [-0.05, 0) is 78.1 Å². The lowest BCUT2D eigenvalue weighted by Gasteiger charge is -2.30. The number of halogens is 3. The molecule has 2 N–H and O–H groups in total. The molecule has 2 heterocycles. The Morgan fingerprint density at radius 3 is 2.31 bits per heavy atom. The van der Waals surface area contributed by atoms with Gasteiger partial charge in [0.1, 0.15) is 23.9 Å². The normalized spacial score (nSPS) is 18.4. The molecule has 1 aromatic heterocycles. The minimum absolute atomic E-state index is 0.0783. The number of benzene rings is 1. The fourth-order valence-electron chi connectivity index (χ4n) is 4.58. The number of alkyl carbamates (subject to hydrolysis) is 1. The standard InChI is InChI=1S/C30H41F3N4O7S/c1-18-12-13-20(15-34-26(38)43-28(2,3)4)35-21(18)16-42-23-11-9-10-19(24(23)31)14-22-25(36-45(8,40)41)30(32,33)17-37(22)27(39)44-29(5,6)7/h9-13,22,25,36H,14-17H2,1-8H3,(H,34,38)/t22-,25+/m0/s1. The molecule has 0 unspecified atom stereocenters. The zero-order valence-corrected chi connectivity index (χ0v) is 27.5. The van der Waals surface area contributed by atoms with E-state index in [1.807, 2.05) is 4.72 Å². The molecule has 0 aliphatic carbocycles. The van der Waals surface area contributed by atoms with Crippen molar-refractivity contribution in [2.24, 2.45) is 0 Å². The molecule has 2 aromatic rings. The number of sulfonamides is 1. The molecule has 1 aromatic carbocycles. The molecule has 1 aliphatic heterocycles. The monoisotopic (exact) mass is 658 g/mol. The summed E-state index contributed by atoms with van der Waals surface area (Å²) >= 11 is 0. The first-order valence-electron chi connectivity index (χ1n) is 14.2. The molecule has 0 saturated carbocycles. The van der Waals surface area contributed by atoms with Crippen molar-refractivity contribution in [1.82, 2.24) is 19.9 Å². The number of amides is 2. The van der Waals surface area contributed by atoms with E-state index < -0.39 is 70.2 Å². The number of nitrogens with one attached hydrogen (secondary N) is 2. The molecule has 11 nitrogen and oxygen atoms in total. The van der Waals surface area contributed by atoms with Gasteiger partial charge >= 0.3 is 12.2 Å². The topological polar surface area (TPSA) is 136 Å². The first-order valence-corrected chi connectivity index (χ1v) is 16.1. The summed E-state index contributed by atoms with van der Waals surface area (Å²) in [7, 11) is -4.13. The van der Waals surface area contributed by atoms with Crippen molar-refractivity contribution < 1.29 is 45.4 Å². The molecule has 45 heavy (non-hydrogen) atoms. The zero-order valence-electron chi connectivity index (χ0n) is 26.7. The molecular formula is C30H41F3N4O7S. The minimum atomic E-state index is -4.13. The first-order chi connectivity index (χ1) is 20.5. The van der Waals surface area contributed by atoms with Crippen LogP contribution >= 0.6 is 0 Å². The maximum Gasteiger partial charge on any atom is 0.410 e. The van der Waals surface area contributed by atoms with E-state index >= 15 is 13.2 Å². The van der Waals surface area contributed by atoms with Crippen molar-refractivity contribution in [3.05, 3.63) is 58.7 Å². The summed E-state index contributed by atoms with van der Waals surface area (Å²) in [5.74, 6) is -4.73. The van der Waals surface area contributed by atoms with Crippen molar-refractivity contribution >= 4 is 22.2 Å². The van der Waals surface area contributed by atoms with Gasteiger partial charge in [-0.25, -0.2) is 35.9 Å². The molecule has 1 aliphatic rings. The molecule has 15 heteroatoms. The number of carbonyl (C=O) groups is 2. The smallest absolute Gasteiger partial charge is 0.410 e. The summed E-state index contributed by atoms with van der Waals surface area (Å²) in [6, 6.07) is 4.12. The summed E-state index contributed by atoms with van der Waals surface area (Å²) in [6.07, 6.45) is -1.43. The quantitative estimate of drug-likeness (QED) is 0.391. The van der Waals surface area contributed by atoms with Crippen LogP contribution in [0.5, 0.6) is 5.75 Å². The second-order valence-corrected chi connectivity index (χ2v) is 14.7. The van der Waals surface area contributed by atoms with Gasteiger partial charge in [0, 0.05) is 0 Å². The predicted octanol–water partition coefficient (Wildman–Crippen LogP) is 4.85. The van der Waals surface area contributed by atoms with E-state index in [-0.39, 0.29) is 24.5 Å². The van der Waals surface area contributed by atoms with E-state index in [0.29, 0.717) is 11.4 Å². The van der Waals surface area contributed by atoms with Gasteiger partial charge in [0.05, 0.1) is 36.8 Å². The number of hydrogen-bond donors (Lipinski definition) is 2. The molecule has 0 radical (unpaired) electrons. The Kier molecular flexibility index (Phi) is 10.7. The summed E-state index contributed by atoms with van der Waals surface area (Å²) in [6.45, 7) is 10.5. The van der Waals surface area contributed by atoms with Crippen LogP contribution in [0.3, 0.4) is 0 Å². The zero-order chi connectivity index (χ0) is 34.0. The molecular weight excluding hydrogens is 617 g/mol. The molecule has 0 spiro atoms. The Balaban J connectivity index is 1.82. The van der Waals surface area contributed by atoms with Gasteiger partial charge < -0.3 is 19.5 Å². The van der Waals surface area contributed by atoms with Gasteiger partial charge in [0.2, 0.25) is 10.0 Å². The van der Waals surface area contributed by atoms with Crippen LogP contribution in [0.2, 0.25) is 0 Å². The van der Waals surface area contributed by atoms with Crippen LogP contribution in [-0.4, -0.2) is 72.5 Å². The number of aromatic nitrogens is 1. The Morgan fingerprint density at radius 1 is 1.07 bits per heavy atom. The SMILES string of the molecule is Cc1ccc(CNC(=O)OC(C)(C)C)nc1COc1cccc(C[C@H]2[C@@H](NS(C)(=O)=O)C(F)(F)CN2C(=O)OC(C)(C)C)c1F.